The summed E-state index contributed by atoms with van der Waals surface area (Å²) >= 11 is 4.98. The Hall–Kier alpha value is -2.25. The molecule has 0 bridgehead atoms. The molecule has 0 saturated heterocycles. The van der Waals surface area contributed by atoms with Gasteiger partial charge in [-0.1, -0.05) is 17.9 Å². The molecule has 2 heterocycles. The monoisotopic (exact) mass is 372 g/mol. The molecule has 0 aliphatic rings. The van der Waals surface area contributed by atoms with E-state index in [0.717, 1.165) is 5.56 Å². The van der Waals surface area contributed by atoms with Crippen molar-refractivity contribution in [3.8, 4) is 5.75 Å². The van der Waals surface area contributed by atoms with E-state index in [4.69, 9.17) is 17.0 Å². The van der Waals surface area contributed by atoms with Gasteiger partial charge in [-0.25, -0.2) is 9.47 Å². The van der Waals surface area contributed by atoms with E-state index >= 15 is 0 Å². The van der Waals surface area contributed by atoms with Gasteiger partial charge in [-0.05, 0) is 19.4 Å². The summed E-state index contributed by atoms with van der Waals surface area (Å²) in [5, 5.41) is 24.5. The number of aromatic nitrogens is 3. The first-order chi connectivity index (χ1) is 10.5. The Kier molecular flexibility index (Phi) is 4.82. The summed E-state index contributed by atoms with van der Waals surface area (Å²) in [7, 11) is 0. The predicted molar refractivity (Wildman–Crippen MR) is 80.0 cm³/mol. The van der Waals surface area contributed by atoms with Crippen LogP contribution in [0.25, 0.3) is 11.0 Å². The van der Waals surface area contributed by atoms with Crippen LogP contribution in [0.15, 0.2) is 37.7 Å². The van der Waals surface area contributed by atoms with Gasteiger partial charge >= 0.3 is 22.1 Å². The summed E-state index contributed by atoms with van der Waals surface area (Å²) < 4.78 is 6.49. The van der Waals surface area contributed by atoms with Gasteiger partial charge in [0, 0.05) is 22.2 Å². The molecule has 0 atom stereocenters. The van der Waals surface area contributed by atoms with E-state index in [-0.39, 0.29) is 38.5 Å². The molecule has 0 amide bonds. The normalized spacial score (nSPS) is 11.0. The van der Waals surface area contributed by atoms with Crippen molar-refractivity contribution in [2.24, 2.45) is 5.10 Å². The maximum Gasteiger partial charge on any atom is 2.00 e. The Morgan fingerprint density at radius 3 is 2.74 bits per heavy atom. The fourth-order valence-electron chi connectivity index (χ4n) is 2.10. The molecule has 0 fully saturated rings. The predicted octanol–water partition coefficient (Wildman–Crippen LogP) is 0.860. The quantitative estimate of drug-likeness (QED) is 0.286. The second-order valence-corrected chi connectivity index (χ2v) is 5.05. The Balaban J connectivity index is 0.00000192. The molecule has 0 radical (unpaired) electrons. The van der Waals surface area contributed by atoms with Crippen molar-refractivity contribution in [2.75, 3.05) is 0 Å². The van der Waals surface area contributed by atoms with E-state index in [1.54, 1.807) is 19.9 Å². The van der Waals surface area contributed by atoms with E-state index in [9.17, 15) is 9.90 Å². The Labute approximate surface area is 146 Å². The molecule has 23 heavy (non-hydrogen) atoms. The van der Waals surface area contributed by atoms with E-state index < -0.39 is 5.63 Å². The SMILES string of the molecule is Cc1cc(=O)oc2c(/C=N/n3c(C)nnc3[S-])c([O-])ccc12.[Ni+2]. The van der Waals surface area contributed by atoms with Gasteiger partial charge in [-0.15, -0.1) is 5.10 Å². The van der Waals surface area contributed by atoms with Crippen LogP contribution in [0.3, 0.4) is 0 Å². The Morgan fingerprint density at radius 2 is 2.09 bits per heavy atom. The van der Waals surface area contributed by atoms with E-state index in [1.807, 2.05) is 0 Å². The standard InChI is InChI=1S/C14H12N4O3S.Ni/c1-7-5-12(20)21-13-9(7)3-4-11(19)10(13)6-15-18-8(2)16-17-14(18)22;/h3-6,19H,1-2H3,(H,17,22);/q;+2/p-2/b15-6+;. The summed E-state index contributed by atoms with van der Waals surface area (Å²) in [5.41, 5.74) is 0.596. The summed E-state index contributed by atoms with van der Waals surface area (Å²) in [4.78, 5) is 11.6. The van der Waals surface area contributed by atoms with Crippen LogP contribution < -0.4 is 10.7 Å². The van der Waals surface area contributed by atoms with Crippen molar-refractivity contribution in [3.05, 3.63) is 45.6 Å². The smallest absolute Gasteiger partial charge is 0.872 e. The number of hydrogen-bond acceptors (Lipinski definition) is 7. The zero-order valence-corrected chi connectivity index (χ0v) is 13.9. The average Bonchev–Trinajstić information content (AvgIpc) is 2.77. The number of hydrogen-bond donors (Lipinski definition) is 0. The number of aryl methyl sites for hydroxylation is 2. The van der Waals surface area contributed by atoms with Crippen molar-refractivity contribution in [2.45, 2.75) is 19.0 Å². The molecule has 0 N–H and O–H groups in total. The second-order valence-electron chi connectivity index (χ2n) is 4.69. The molecule has 0 unspecified atom stereocenters. The molecular formula is C14H10N4NiO3S. The van der Waals surface area contributed by atoms with Crippen LogP contribution in [0.4, 0.5) is 0 Å². The fraction of sp³-hybridized carbons (Fsp3) is 0.143. The van der Waals surface area contributed by atoms with Crippen molar-refractivity contribution < 1.29 is 26.0 Å². The minimum atomic E-state index is -0.519. The summed E-state index contributed by atoms with van der Waals surface area (Å²) in [6, 6.07) is 4.40. The van der Waals surface area contributed by atoms with Gasteiger partial charge in [0.2, 0.25) is 0 Å². The maximum absolute atomic E-state index is 12.1. The minimum absolute atomic E-state index is 0. The minimum Gasteiger partial charge on any atom is -0.872 e. The van der Waals surface area contributed by atoms with Crippen molar-refractivity contribution in [1.82, 2.24) is 14.9 Å². The molecule has 120 valence electrons. The van der Waals surface area contributed by atoms with Gasteiger partial charge in [-0.2, -0.15) is 10.2 Å². The van der Waals surface area contributed by atoms with Gasteiger partial charge in [0.15, 0.2) is 0 Å². The van der Waals surface area contributed by atoms with E-state index in [0.29, 0.717) is 11.2 Å². The zero-order chi connectivity index (χ0) is 15.9. The molecule has 3 rings (SSSR count). The second kappa shape index (κ2) is 6.48. The van der Waals surface area contributed by atoms with Gasteiger partial charge < -0.3 is 22.2 Å². The number of rotatable bonds is 2. The molecule has 2 aromatic heterocycles. The van der Waals surface area contributed by atoms with Crippen molar-refractivity contribution in [3.63, 3.8) is 0 Å². The van der Waals surface area contributed by atoms with E-state index in [2.05, 4.69) is 15.3 Å². The van der Waals surface area contributed by atoms with Crippen LogP contribution in [-0.2, 0) is 29.1 Å². The number of nitrogens with zero attached hydrogens (tertiary/aromatic N) is 4. The van der Waals surface area contributed by atoms with Crippen LogP contribution >= 0.6 is 0 Å². The molecule has 0 aliphatic heterocycles. The average molecular weight is 373 g/mol. The van der Waals surface area contributed by atoms with E-state index in [1.165, 1.54) is 23.0 Å². The summed E-state index contributed by atoms with van der Waals surface area (Å²) in [6.07, 6.45) is 1.30. The third-order valence-corrected chi connectivity index (χ3v) is 3.44. The Bertz CT molecular complexity index is 945. The van der Waals surface area contributed by atoms with Crippen LogP contribution in [0, 0.1) is 13.8 Å². The molecule has 9 heteroatoms. The van der Waals surface area contributed by atoms with Crippen molar-refractivity contribution >= 4 is 29.8 Å². The van der Waals surface area contributed by atoms with Crippen LogP contribution in [0.2, 0.25) is 0 Å². The molecule has 7 nitrogen and oxygen atoms in total. The topological polar surface area (TPSA) is 96.3 Å². The summed E-state index contributed by atoms with van der Waals surface area (Å²) in [5.74, 6) is 0.188. The van der Waals surface area contributed by atoms with Gasteiger partial charge in [0.25, 0.3) is 0 Å². The van der Waals surface area contributed by atoms with Crippen LogP contribution in [0.5, 0.6) is 5.75 Å². The molecule has 3 aromatic rings. The molecular weight excluding hydrogens is 363 g/mol. The third-order valence-electron chi connectivity index (χ3n) is 3.19. The molecule has 0 saturated carbocycles. The number of fused-ring (bicyclic) bond motifs is 1. The third kappa shape index (κ3) is 3.11. The van der Waals surface area contributed by atoms with Crippen LogP contribution in [-0.4, -0.2) is 21.1 Å². The first kappa shape index (κ1) is 17.1. The largest absolute Gasteiger partial charge is 2.00 e. The van der Waals surface area contributed by atoms with Gasteiger partial charge in [0.1, 0.15) is 11.4 Å². The van der Waals surface area contributed by atoms with Gasteiger partial charge in [0.05, 0.1) is 6.21 Å². The zero-order valence-electron chi connectivity index (χ0n) is 12.0. The van der Waals surface area contributed by atoms with Crippen molar-refractivity contribution in [1.29, 1.82) is 0 Å². The maximum atomic E-state index is 12.1. The number of benzene rings is 1. The molecule has 0 spiro atoms. The molecule has 1 aromatic carbocycles. The van der Waals surface area contributed by atoms with Gasteiger partial charge in [-0.3, -0.25) is 0 Å². The first-order valence-corrected chi connectivity index (χ1v) is 6.76. The molecule has 0 aliphatic carbocycles. The Morgan fingerprint density at radius 1 is 1.35 bits per heavy atom. The fourth-order valence-corrected chi connectivity index (χ4v) is 2.32. The first-order valence-electron chi connectivity index (χ1n) is 6.35. The van der Waals surface area contributed by atoms with Crippen LogP contribution in [0.1, 0.15) is 17.0 Å². The summed E-state index contributed by atoms with van der Waals surface area (Å²) in [6.45, 7) is 3.46.